The van der Waals surface area contributed by atoms with Gasteiger partial charge in [0.1, 0.15) is 0 Å². The highest BCUT2D eigenvalue weighted by Crippen LogP contribution is 2.16. The van der Waals surface area contributed by atoms with E-state index in [4.69, 9.17) is 0 Å². The van der Waals surface area contributed by atoms with Crippen LogP contribution in [0.4, 0.5) is 0 Å². The smallest absolute Gasteiger partial charge is 0.0849 e. The lowest BCUT2D eigenvalue weighted by Crippen LogP contribution is -1.72. The molecule has 16 heavy (non-hydrogen) atoms. The normalized spacial score (nSPS) is 11.5. The number of rotatable bonds is 2. The zero-order valence-corrected chi connectivity index (χ0v) is 8.64. The Balaban J connectivity index is 1.95. The van der Waals surface area contributed by atoms with Crippen molar-refractivity contribution in [3.05, 3.63) is 54.0 Å². The summed E-state index contributed by atoms with van der Waals surface area (Å²) in [5.74, 6) is 0. The van der Waals surface area contributed by atoms with Gasteiger partial charge in [-0.2, -0.15) is 5.10 Å². The van der Waals surface area contributed by atoms with Gasteiger partial charge in [0.05, 0.1) is 5.69 Å². The van der Waals surface area contributed by atoms with Gasteiger partial charge in [-0.25, -0.2) is 0 Å². The van der Waals surface area contributed by atoms with E-state index in [1.54, 1.807) is 0 Å². The SMILES string of the molecule is C(=C\c1cc2ccccc2[nH]1)/c1cc[nH]n1. The number of nitrogens with one attached hydrogen (secondary N) is 2. The highest BCUT2D eigenvalue weighted by Gasteiger charge is 1.96. The molecule has 0 saturated carbocycles. The van der Waals surface area contributed by atoms with E-state index in [1.807, 2.05) is 36.5 Å². The first kappa shape index (κ1) is 8.97. The molecule has 0 aliphatic carbocycles. The maximum atomic E-state index is 4.06. The van der Waals surface area contributed by atoms with Gasteiger partial charge in [0.25, 0.3) is 0 Å². The zero-order chi connectivity index (χ0) is 10.8. The van der Waals surface area contributed by atoms with E-state index in [-0.39, 0.29) is 0 Å². The highest BCUT2D eigenvalue weighted by molar-refractivity contribution is 5.84. The fourth-order valence-electron chi connectivity index (χ4n) is 1.73. The Kier molecular flexibility index (Phi) is 2.07. The van der Waals surface area contributed by atoms with Crippen LogP contribution in [0, 0.1) is 0 Å². The number of hydrogen-bond donors (Lipinski definition) is 2. The minimum atomic E-state index is 0.929. The third-order valence-corrected chi connectivity index (χ3v) is 2.51. The highest BCUT2D eigenvalue weighted by atomic mass is 15.1. The number of aromatic amines is 2. The van der Waals surface area contributed by atoms with Gasteiger partial charge in [0.2, 0.25) is 0 Å². The number of aromatic nitrogens is 3. The van der Waals surface area contributed by atoms with Crippen molar-refractivity contribution in [1.29, 1.82) is 0 Å². The predicted octanol–water partition coefficient (Wildman–Crippen LogP) is 3.06. The Morgan fingerprint density at radius 2 is 2.00 bits per heavy atom. The fourth-order valence-corrected chi connectivity index (χ4v) is 1.73. The second kappa shape index (κ2) is 3.70. The lowest BCUT2D eigenvalue weighted by molar-refractivity contribution is 1.08. The van der Waals surface area contributed by atoms with E-state index >= 15 is 0 Å². The van der Waals surface area contributed by atoms with Crippen LogP contribution in [0.2, 0.25) is 0 Å². The summed E-state index contributed by atoms with van der Waals surface area (Å²) in [4.78, 5) is 3.33. The van der Waals surface area contributed by atoms with Crippen LogP contribution >= 0.6 is 0 Å². The summed E-state index contributed by atoms with van der Waals surface area (Å²) in [5.41, 5.74) is 3.17. The second-order valence-corrected chi connectivity index (χ2v) is 3.64. The first-order valence-corrected chi connectivity index (χ1v) is 5.17. The summed E-state index contributed by atoms with van der Waals surface area (Å²) in [6.45, 7) is 0. The first-order valence-electron chi connectivity index (χ1n) is 5.17. The van der Waals surface area contributed by atoms with E-state index in [0.29, 0.717) is 0 Å². The summed E-state index contributed by atoms with van der Waals surface area (Å²) in [6.07, 6.45) is 5.81. The molecule has 1 aromatic carbocycles. The molecule has 0 aliphatic heterocycles. The molecule has 2 aromatic heterocycles. The Morgan fingerprint density at radius 1 is 1.06 bits per heavy atom. The lowest BCUT2D eigenvalue weighted by atomic mass is 10.2. The Hall–Kier alpha value is -2.29. The van der Waals surface area contributed by atoms with Gasteiger partial charge < -0.3 is 4.98 Å². The summed E-state index contributed by atoms with van der Waals surface area (Å²) in [6, 6.07) is 12.3. The third-order valence-electron chi connectivity index (χ3n) is 2.51. The molecule has 0 fully saturated rings. The van der Waals surface area contributed by atoms with Crippen molar-refractivity contribution in [3.8, 4) is 0 Å². The van der Waals surface area contributed by atoms with Crippen LogP contribution in [-0.4, -0.2) is 15.2 Å². The number of benzene rings is 1. The average Bonchev–Trinajstić information content (AvgIpc) is 2.95. The number of para-hydroxylation sites is 1. The van der Waals surface area contributed by atoms with E-state index in [0.717, 1.165) is 16.9 Å². The Labute approximate surface area is 92.8 Å². The Bertz CT molecular complexity index is 584. The maximum absolute atomic E-state index is 4.06. The predicted molar refractivity (Wildman–Crippen MR) is 65.8 cm³/mol. The molecule has 3 rings (SSSR count). The van der Waals surface area contributed by atoms with Crippen molar-refractivity contribution in [2.45, 2.75) is 0 Å². The van der Waals surface area contributed by atoms with Gasteiger partial charge in [0, 0.05) is 17.4 Å². The van der Waals surface area contributed by atoms with Crippen LogP contribution in [0.25, 0.3) is 23.1 Å². The van der Waals surface area contributed by atoms with Gasteiger partial charge in [-0.1, -0.05) is 18.2 Å². The van der Waals surface area contributed by atoms with E-state index in [2.05, 4.69) is 33.4 Å². The average molecular weight is 209 g/mol. The number of H-pyrrole nitrogens is 2. The fraction of sp³-hybridized carbons (Fsp3) is 0. The molecular weight excluding hydrogens is 198 g/mol. The first-order chi connectivity index (χ1) is 7.92. The molecular formula is C13H11N3. The van der Waals surface area contributed by atoms with E-state index in [9.17, 15) is 0 Å². The Morgan fingerprint density at radius 3 is 2.81 bits per heavy atom. The number of hydrogen-bond acceptors (Lipinski definition) is 1. The summed E-state index contributed by atoms with van der Waals surface area (Å²) < 4.78 is 0. The van der Waals surface area contributed by atoms with Gasteiger partial charge >= 0.3 is 0 Å². The largest absolute Gasteiger partial charge is 0.355 e. The minimum Gasteiger partial charge on any atom is -0.355 e. The molecule has 3 nitrogen and oxygen atoms in total. The van der Waals surface area contributed by atoms with Crippen molar-refractivity contribution in [2.75, 3.05) is 0 Å². The van der Waals surface area contributed by atoms with Crippen LogP contribution in [0.3, 0.4) is 0 Å². The van der Waals surface area contributed by atoms with Crippen LogP contribution in [-0.2, 0) is 0 Å². The van der Waals surface area contributed by atoms with Gasteiger partial charge in [-0.15, -0.1) is 0 Å². The molecule has 0 spiro atoms. The van der Waals surface area contributed by atoms with Crippen molar-refractivity contribution >= 4 is 23.1 Å². The summed E-state index contributed by atoms with van der Waals surface area (Å²) in [7, 11) is 0. The molecule has 3 aromatic rings. The zero-order valence-electron chi connectivity index (χ0n) is 8.64. The van der Waals surface area contributed by atoms with Gasteiger partial charge in [-0.3, -0.25) is 5.10 Å². The minimum absolute atomic E-state index is 0.929. The third kappa shape index (κ3) is 1.63. The van der Waals surface area contributed by atoms with E-state index in [1.165, 1.54) is 5.39 Å². The van der Waals surface area contributed by atoms with Crippen LogP contribution in [0.5, 0.6) is 0 Å². The number of nitrogens with zero attached hydrogens (tertiary/aromatic N) is 1. The van der Waals surface area contributed by atoms with Crippen LogP contribution in [0.15, 0.2) is 42.6 Å². The monoisotopic (exact) mass is 209 g/mol. The van der Waals surface area contributed by atoms with Crippen molar-refractivity contribution in [3.63, 3.8) is 0 Å². The summed E-state index contributed by atoms with van der Waals surface area (Å²) in [5, 5.41) is 8.07. The molecule has 3 heteroatoms. The van der Waals surface area contributed by atoms with Crippen molar-refractivity contribution in [1.82, 2.24) is 15.2 Å². The lowest BCUT2D eigenvalue weighted by Gasteiger charge is -1.85. The molecule has 2 heterocycles. The van der Waals surface area contributed by atoms with Crippen LogP contribution < -0.4 is 0 Å². The van der Waals surface area contributed by atoms with Gasteiger partial charge in [0.15, 0.2) is 0 Å². The van der Waals surface area contributed by atoms with Gasteiger partial charge in [-0.05, 0) is 35.7 Å². The second-order valence-electron chi connectivity index (χ2n) is 3.64. The van der Waals surface area contributed by atoms with Crippen LogP contribution in [0.1, 0.15) is 11.4 Å². The standard InChI is InChI=1S/C13H11N3/c1-2-4-13-10(3-1)9-12(15-13)6-5-11-7-8-14-16-11/h1-9,15H,(H,14,16)/b6-5+. The summed E-state index contributed by atoms with van der Waals surface area (Å²) >= 11 is 0. The molecule has 0 amide bonds. The maximum Gasteiger partial charge on any atom is 0.0849 e. The molecule has 0 radical (unpaired) electrons. The number of fused-ring (bicyclic) bond motifs is 1. The molecule has 0 atom stereocenters. The molecule has 78 valence electrons. The molecule has 2 N–H and O–H groups in total. The van der Waals surface area contributed by atoms with Crippen molar-refractivity contribution in [2.24, 2.45) is 0 Å². The van der Waals surface area contributed by atoms with Crippen molar-refractivity contribution < 1.29 is 0 Å². The molecule has 0 aliphatic rings. The molecule has 0 bridgehead atoms. The molecule has 0 saturated heterocycles. The topological polar surface area (TPSA) is 44.5 Å². The quantitative estimate of drug-likeness (QED) is 0.669. The van der Waals surface area contributed by atoms with E-state index < -0.39 is 0 Å². The molecule has 0 unspecified atom stereocenters.